The maximum Gasteiger partial charge on any atom is 0.191 e. The second kappa shape index (κ2) is 6.54. The molecule has 0 unspecified atom stereocenters. The number of carbonyl (C=O) groups is 2. The Bertz CT molecular complexity index is 159. The number of hydrogen-bond acceptors (Lipinski definition) is 2. The van der Waals surface area contributed by atoms with Crippen molar-refractivity contribution >= 4 is 35.5 Å². The molecule has 0 rings (SSSR count). The first kappa shape index (κ1) is 14.6. The lowest BCUT2D eigenvalue weighted by molar-refractivity contribution is -0.117. The molecule has 0 amide bonds. The molecule has 2 nitrogen and oxygen atoms in total. The quantitative estimate of drug-likeness (QED) is 0.649. The number of hydrogen-bond donors (Lipinski definition) is 2. The third kappa shape index (κ3) is 12.7. The van der Waals surface area contributed by atoms with Gasteiger partial charge in [-0.05, 0) is 0 Å². The molecule has 0 atom stereocenters. The van der Waals surface area contributed by atoms with Crippen LogP contribution in [0.15, 0.2) is 0 Å². The topological polar surface area (TPSA) is 34.1 Å². The van der Waals surface area contributed by atoms with E-state index in [2.05, 4.69) is 25.3 Å². The van der Waals surface area contributed by atoms with Gasteiger partial charge in [-0.1, -0.05) is 27.7 Å². The number of carbonyl (C=O) groups excluding carboxylic acids is 2. The molecule has 72 valence electrons. The van der Waals surface area contributed by atoms with Crippen LogP contribution in [-0.4, -0.2) is 10.2 Å². The second-order valence-corrected chi connectivity index (χ2v) is 4.21. The Morgan fingerprint density at radius 3 is 1.33 bits per heavy atom. The lowest BCUT2D eigenvalue weighted by atomic mass is 10.00. The van der Waals surface area contributed by atoms with Gasteiger partial charge >= 0.3 is 0 Å². The van der Waals surface area contributed by atoms with E-state index in [0.717, 1.165) is 0 Å². The Labute approximate surface area is 84.9 Å². The maximum absolute atomic E-state index is 10.3. The minimum atomic E-state index is -0.275. The fourth-order valence-electron chi connectivity index (χ4n) is 0. The van der Waals surface area contributed by atoms with Gasteiger partial charge in [-0.2, -0.15) is 0 Å². The van der Waals surface area contributed by atoms with Gasteiger partial charge in [-0.15, -0.1) is 25.3 Å². The van der Waals surface area contributed by atoms with Gasteiger partial charge in [0.05, 0.1) is 0 Å². The zero-order valence-corrected chi connectivity index (χ0v) is 9.71. The summed E-state index contributed by atoms with van der Waals surface area (Å²) in [7, 11) is 0. The van der Waals surface area contributed by atoms with Crippen LogP contribution in [0.25, 0.3) is 0 Å². The van der Waals surface area contributed by atoms with Gasteiger partial charge in [-0.3, -0.25) is 9.59 Å². The van der Waals surface area contributed by atoms with Crippen molar-refractivity contribution < 1.29 is 9.59 Å². The summed E-state index contributed by atoms with van der Waals surface area (Å²) in [6.07, 6.45) is 0.531. The van der Waals surface area contributed by atoms with E-state index in [-0.39, 0.29) is 15.6 Å². The Balaban J connectivity index is 0. The Hall–Kier alpha value is 0.0400. The zero-order valence-electron chi connectivity index (χ0n) is 7.92. The van der Waals surface area contributed by atoms with Crippen LogP contribution in [0.5, 0.6) is 0 Å². The van der Waals surface area contributed by atoms with E-state index >= 15 is 0 Å². The van der Waals surface area contributed by atoms with E-state index in [1.165, 1.54) is 0 Å². The third-order valence-corrected chi connectivity index (χ3v) is 1.93. The molecule has 0 aromatic carbocycles. The average Bonchev–Trinajstić information content (AvgIpc) is 1.87. The van der Waals surface area contributed by atoms with Crippen LogP contribution in [0.1, 0.15) is 34.1 Å². The molecule has 0 bridgehead atoms. The van der Waals surface area contributed by atoms with Crippen LogP contribution in [-0.2, 0) is 9.59 Å². The van der Waals surface area contributed by atoms with Gasteiger partial charge in [0, 0.05) is 11.8 Å². The van der Waals surface area contributed by atoms with Gasteiger partial charge < -0.3 is 0 Å². The summed E-state index contributed by atoms with van der Waals surface area (Å²) in [5, 5.41) is -0.113. The molecule has 0 radical (unpaired) electrons. The molecular weight excluding hydrogens is 192 g/mol. The van der Waals surface area contributed by atoms with Crippen molar-refractivity contribution in [1.29, 1.82) is 0 Å². The largest absolute Gasteiger partial charge is 0.288 e. The summed E-state index contributed by atoms with van der Waals surface area (Å²) in [5.41, 5.74) is -0.275. The smallest absolute Gasteiger partial charge is 0.191 e. The average molecular weight is 208 g/mol. The summed E-state index contributed by atoms with van der Waals surface area (Å²) in [4.78, 5) is 20.0. The van der Waals surface area contributed by atoms with Gasteiger partial charge in [0.15, 0.2) is 10.2 Å². The predicted octanol–water partition coefficient (Wildman–Crippen LogP) is 2.34. The molecule has 12 heavy (non-hydrogen) atoms. The summed E-state index contributed by atoms with van der Waals surface area (Å²) in [5.74, 6) is 0. The SMILES string of the molecule is CC(C)(C)C(=O)S.CCC(=O)S. The van der Waals surface area contributed by atoms with Gasteiger partial charge in [0.1, 0.15) is 0 Å². The van der Waals surface area contributed by atoms with Gasteiger partial charge in [-0.25, -0.2) is 0 Å². The minimum absolute atomic E-state index is 0.0509. The summed E-state index contributed by atoms with van der Waals surface area (Å²) in [6, 6.07) is 0. The van der Waals surface area contributed by atoms with Crippen molar-refractivity contribution in [2.24, 2.45) is 5.41 Å². The third-order valence-electron chi connectivity index (χ3n) is 0.944. The van der Waals surface area contributed by atoms with Crippen LogP contribution in [0.3, 0.4) is 0 Å². The Morgan fingerprint density at radius 1 is 1.17 bits per heavy atom. The maximum atomic E-state index is 10.3. The summed E-state index contributed by atoms with van der Waals surface area (Å²) >= 11 is 7.10. The van der Waals surface area contributed by atoms with E-state index in [1.807, 2.05) is 20.8 Å². The number of thiol groups is 2. The predicted molar refractivity (Wildman–Crippen MR) is 57.7 cm³/mol. The van der Waals surface area contributed by atoms with Crippen LogP contribution < -0.4 is 0 Å². The van der Waals surface area contributed by atoms with E-state index in [4.69, 9.17) is 0 Å². The first-order chi connectivity index (χ1) is 5.21. The van der Waals surface area contributed by atoms with Crippen molar-refractivity contribution in [2.75, 3.05) is 0 Å². The molecular formula is C8H16O2S2. The highest BCUT2D eigenvalue weighted by Crippen LogP contribution is 2.15. The lowest BCUT2D eigenvalue weighted by Crippen LogP contribution is -2.13. The molecule has 0 aliphatic carbocycles. The zero-order chi connectivity index (χ0) is 10.4. The molecule has 0 aromatic heterocycles. The molecule has 0 saturated carbocycles. The molecule has 0 aliphatic heterocycles. The highest BCUT2D eigenvalue weighted by molar-refractivity contribution is 7.96. The van der Waals surface area contributed by atoms with Crippen LogP contribution in [0, 0.1) is 5.41 Å². The van der Waals surface area contributed by atoms with Crippen molar-refractivity contribution in [3.8, 4) is 0 Å². The Kier molecular flexibility index (Phi) is 7.94. The van der Waals surface area contributed by atoms with E-state index < -0.39 is 0 Å². The fraction of sp³-hybridized carbons (Fsp3) is 0.750. The molecule has 0 saturated heterocycles. The molecule has 0 N–H and O–H groups in total. The van der Waals surface area contributed by atoms with Crippen LogP contribution in [0.4, 0.5) is 0 Å². The number of rotatable bonds is 1. The normalized spacial score (nSPS) is 9.83. The van der Waals surface area contributed by atoms with Gasteiger partial charge in [0.25, 0.3) is 0 Å². The summed E-state index contributed by atoms with van der Waals surface area (Å²) in [6.45, 7) is 7.28. The monoisotopic (exact) mass is 208 g/mol. The van der Waals surface area contributed by atoms with Crippen molar-refractivity contribution in [1.82, 2.24) is 0 Å². The second-order valence-electron chi connectivity index (χ2n) is 3.30. The molecule has 4 heteroatoms. The van der Waals surface area contributed by atoms with Crippen LogP contribution in [0.2, 0.25) is 0 Å². The molecule has 0 heterocycles. The molecule has 0 aromatic rings. The van der Waals surface area contributed by atoms with E-state index in [9.17, 15) is 9.59 Å². The van der Waals surface area contributed by atoms with Crippen LogP contribution >= 0.6 is 25.3 Å². The summed E-state index contributed by atoms with van der Waals surface area (Å²) < 4.78 is 0. The van der Waals surface area contributed by atoms with E-state index in [0.29, 0.717) is 6.42 Å². The Morgan fingerprint density at radius 2 is 1.33 bits per heavy atom. The fourth-order valence-corrected chi connectivity index (χ4v) is 0. The lowest BCUT2D eigenvalue weighted by Gasteiger charge is -2.10. The van der Waals surface area contributed by atoms with Gasteiger partial charge in [0.2, 0.25) is 0 Å². The first-order valence-corrected chi connectivity index (χ1v) is 4.56. The van der Waals surface area contributed by atoms with Crippen molar-refractivity contribution in [2.45, 2.75) is 34.1 Å². The van der Waals surface area contributed by atoms with E-state index in [1.54, 1.807) is 6.92 Å². The minimum Gasteiger partial charge on any atom is -0.288 e. The molecule has 0 aliphatic rings. The molecule has 0 fully saturated rings. The molecule has 0 spiro atoms. The van der Waals surface area contributed by atoms with Crippen molar-refractivity contribution in [3.63, 3.8) is 0 Å². The van der Waals surface area contributed by atoms with Crippen molar-refractivity contribution in [3.05, 3.63) is 0 Å². The highest BCUT2D eigenvalue weighted by atomic mass is 32.1. The standard InChI is InChI=1S/C5H10OS.C3H6OS/c1-5(2,3)4(6)7;1-2-3(4)5/h1-3H3,(H,6,7);2H2,1H3,(H,4,5). The first-order valence-electron chi connectivity index (χ1n) is 3.67. The highest BCUT2D eigenvalue weighted by Gasteiger charge is 2.16.